The minimum Gasteiger partial charge on any atom is -0.396 e. The summed E-state index contributed by atoms with van der Waals surface area (Å²) >= 11 is 3.29. The lowest BCUT2D eigenvalue weighted by atomic mass is 10.3. The average molecular weight is 296 g/mol. The first-order valence-electron chi connectivity index (χ1n) is 4.71. The highest BCUT2D eigenvalue weighted by Crippen LogP contribution is 2.19. The SMILES string of the molecule is N=C(N(O)c1cccc(Br)c1)n1cc(N)cn1. The van der Waals surface area contributed by atoms with E-state index in [1.807, 2.05) is 6.07 Å². The van der Waals surface area contributed by atoms with Gasteiger partial charge in [0.05, 0.1) is 23.8 Å². The number of nitrogens with one attached hydrogen (secondary N) is 1. The van der Waals surface area contributed by atoms with Gasteiger partial charge >= 0.3 is 0 Å². The molecule has 0 aliphatic carbocycles. The molecule has 2 rings (SSSR count). The summed E-state index contributed by atoms with van der Waals surface area (Å²) in [5, 5.41) is 22.2. The van der Waals surface area contributed by atoms with Crippen molar-refractivity contribution >= 4 is 33.3 Å². The van der Waals surface area contributed by atoms with Gasteiger partial charge in [-0.3, -0.25) is 10.6 Å². The van der Waals surface area contributed by atoms with Crippen LogP contribution in [0.5, 0.6) is 0 Å². The molecule has 0 aliphatic rings. The number of nitrogens with two attached hydrogens (primary N) is 1. The van der Waals surface area contributed by atoms with E-state index >= 15 is 0 Å². The second kappa shape index (κ2) is 4.56. The summed E-state index contributed by atoms with van der Waals surface area (Å²) in [4.78, 5) is 0. The molecule has 0 saturated heterocycles. The number of nitrogens with zero attached hydrogens (tertiary/aromatic N) is 3. The standard InChI is InChI=1S/C10H10BrN5O/c11-7-2-1-3-9(4-7)16(17)10(13)15-6-8(12)5-14-15/h1-6,13,17H,12H2. The van der Waals surface area contributed by atoms with Crippen LogP contribution in [0, 0.1) is 5.41 Å². The summed E-state index contributed by atoms with van der Waals surface area (Å²) in [6.45, 7) is 0. The van der Waals surface area contributed by atoms with Crippen LogP contribution in [-0.4, -0.2) is 20.9 Å². The maximum atomic E-state index is 9.86. The molecule has 6 nitrogen and oxygen atoms in total. The van der Waals surface area contributed by atoms with E-state index in [9.17, 15) is 5.21 Å². The Hall–Kier alpha value is -1.86. The molecule has 1 aromatic heterocycles. The van der Waals surface area contributed by atoms with Gasteiger partial charge < -0.3 is 5.73 Å². The minimum absolute atomic E-state index is 0.209. The Bertz CT molecular complexity index is 553. The van der Waals surface area contributed by atoms with Crippen molar-refractivity contribution in [3.05, 3.63) is 41.1 Å². The van der Waals surface area contributed by atoms with Crippen molar-refractivity contribution in [1.82, 2.24) is 9.78 Å². The summed E-state index contributed by atoms with van der Waals surface area (Å²) in [6, 6.07) is 6.94. The molecule has 0 spiro atoms. The third kappa shape index (κ3) is 2.45. The van der Waals surface area contributed by atoms with Gasteiger partial charge in [-0.15, -0.1) is 0 Å². The van der Waals surface area contributed by atoms with Crippen molar-refractivity contribution in [2.45, 2.75) is 0 Å². The third-order valence-corrected chi connectivity index (χ3v) is 2.57. The van der Waals surface area contributed by atoms with Gasteiger partial charge in [-0.2, -0.15) is 10.2 Å². The Labute approximate surface area is 106 Å². The van der Waals surface area contributed by atoms with Crippen LogP contribution in [0.1, 0.15) is 0 Å². The molecule has 1 heterocycles. The number of hydrogen-bond donors (Lipinski definition) is 3. The maximum absolute atomic E-state index is 9.86. The van der Waals surface area contributed by atoms with E-state index in [1.54, 1.807) is 18.2 Å². The molecule has 0 radical (unpaired) electrons. The van der Waals surface area contributed by atoms with Gasteiger partial charge in [0.25, 0.3) is 0 Å². The van der Waals surface area contributed by atoms with Gasteiger partial charge in [0.2, 0.25) is 5.96 Å². The Morgan fingerprint density at radius 1 is 1.53 bits per heavy atom. The smallest absolute Gasteiger partial charge is 0.248 e. The first kappa shape index (κ1) is 11.6. The lowest BCUT2D eigenvalue weighted by Gasteiger charge is -2.17. The molecule has 17 heavy (non-hydrogen) atoms. The zero-order chi connectivity index (χ0) is 12.4. The normalized spacial score (nSPS) is 10.2. The van der Waals surface area contributed by atoms with Gasteiger partial charge in [-0.25, -0.2) is 4.68 Å². The Morgan fingerprint density at radius 2 is 2.29 bits per heavy atom. The van der Waals surface area contributed by atoms with Crippen LogP contribution in [0.3, 0.4) is 0 Å². The van der Waals surface area contributed by atoms with E-state index in [0.717, 1.165) is 9.54 Å². The van der Waals surface area contributed by atoms with E-state index in [4.69, 9.17) is 11.1 Å². The molecule has 4 N–H and O–H groups in total. The van der Waals surface area contributed by atoms with Crippen molar-refractivity contribution < 1.29 is 5.21 Å². The molecule has 0 bridgehead atoms. The molecular formula is C10H10BrN5O. The van der Waals surface area contributed by atoms with Crippen LogP contribution in [0.15, 0.2) is 41.1 Å². The van der Waals surface area contributed by atoms with Crippen LogP contribution in [0.2, 0.25) is 0 Å². The quantitative estimate of drug-likeness (QED) is 0.426. The van der Waals surface area contributed by atoms with Gasteiger partial charge in [0, 0.05) is 4.47 Å². The van der Waals surface area contributed by atoms with Crippen LogP contribution in [-0.2, 0) is 0 Å². The van der Waals surface area contributed by atoms with Crippen molar-refractivity contribution in [3.8, 4) is 0 Å². The first-order valence-corrected chi connectivity index (χ1v) is 5.51. The Kier molecular flexibility index (Phi) is 3.12. The zero-order valence-electron chi connectivity index (χ0n) is 8.71. The van der Waals surface area contributed by atoms with E-state index in [1.165, 1.54) is 17.1 Å². The van der Waals surface area contributed by atoms with Crippen molar-refractivity contribution in [2.24, 2.45) is 0 Å². The molecule has 0 aliphatic heterocycles. The lowest BCUT2D eigenvalue weighted by Crippen LogP contribution is -2.32. The van der Waals surface area contributed by atoms with Gasteiger partial charge in [0.15, 0.2) is 0 Å². The molecular weight excluding hydrogens is 286 g/mol. The summed E-state index contributed by atoms with van der Waals surface area (Å²) < 4.78 is 1.98. The number of halogens is 1. The minimum atomic E-state index is -0.209. The number of anilines is 2. The van der Waals surface area contributed by atoms with Crippen LogP contribution in [0.25, 0.3) is 0 Å². The summed E-state index contributed by atoms with van der Waals surface area (Å²) in [6.07, 6.45) is 2.85. The van der Waals surface area contributed by atoms with E-state index in [-0.39, 0.29) is 5.96 Å². The molecule has 0 amide bonds. The third-order valence-electron chi connectivity index (χ3n) is 2.07. The second-order valence-corrected chi connectivity index (χ2v) is 4.25. The molecule has 7 heteroatoms. The number of hydroxylamine groups is 1. The maximum Gasteiger partial charge on any atom is 0.248 e. The monoisotopic (exact) mass is 295 g/mol. The molecule has 0 atom stereocenters. The Morgan fingerprint density at radius 3 is 2.88 bits per heavy atom. The van der Waals surface area contributed by atoms with Crippen LogP contribution >= 0.6 is 15.9 Å². The fraction of sp³-hybridized carbons (Fsp3) is 0. The number of benzene rings is 1. The number of nitrogen functional groups attached to an aromatic ring is 1. The highest BCUT2D eigenvalue weighted by molar-refractivity contribution is 9.10. The van der Waals surface area contributed by atoms with Crippen LogP contribution < -0.4 is 10.8 Å². The molecule has 1 aromatic carbocycles. The van der Waals surface area contributed by atoms with E-state index in [0.29, 0.717) is 11.4 Å². The van der Waals surface area contributed by atoms with Gasteiger partial charge in [-0.05, 0) is 18.2 Å². The fourth-order valence-electron chi connectivity index (χ4n) is 1.28. The largest absolute Gasteiger partial charge is 0.396 e. The summed E-state index contributed by atoms with van der Waals surface area (Å²) in [7, 11) is 0. The van der Waals surface area contributed by atoms with Crippen molar-refractivity contribution in [1.29, 1.82) is 5.41 Å². The molecule has 0 unspecified atom stereocenters. The second-order valence-electron chi connectivity index (χ2n) is 3.33. The van der Waals surface area contributed by atoms with E-state index in [2.05, 4.69) is 21.0 Å². The zero-order valence-corrected chi connectivity index (χ0v) is 10.3. The van der Waals surface area contributed by atoms with Gasteiger partial charge in [0.1, 0.15) is 0 Å². The summed E-state index contributed by atoms with van der Waals surface area (Å²) in [5.74, 6) is -0.209. The lowest BCUT2D eigenvalue weighted by molar-refractivity contribution is 0.306. The van der Waals surface area contributed by atoms with Crippen molar-refractivity contribution in [3.63, 3.8) is 0 Å². The number of hydrogen-bond acceptors (Lipinski definition) is 4. The first-order chi connectivity index (χ1) is 8.08. The topological polar surface area (TPSA) is 91.2 Å². The van der Waals surface area contributed by atoms with Crippen molar-refractivity contribution in [2.75, 3.05) is 10.8 Å². The predicted octanol–water partition coefficient (Wildman–Crippen LogP) is 1.91. The average Bonchev–Trinajstić information content (AvgIpc) is 2.74. The van der Waals surface area contributed by atoms with Crippen LogP contribution in [0.4, 0.5) is 11.4 Å². The molecule has 0 fully saturated rings. The predicted molar refractivity (Wildman–Crippen MR) is 68.2 cm³/mol. The molecule has 0 saturated carbocycles. The highest BCUT2D eigenvalue weighted by Gasteiger charge is 2.12. The number of rotatable bonds is 1. The summed E-state index contributed by atoms with van der Waals surface area (Å²) in [5.41, 5.74) is 6.38. The molecule has 2 aromatic rings. The highest BCUT2D eigenvalue weighted by atomic mass is 79.9. The Balaban J connectivity index is 2.26. The van der Waals surface area contributed by atoms with E-state index < -0.39 is 0 Å². The van der Waals surface area contributed by atoms with Gasteiger partial charge in [-0.1, -0.05) is 22.0 Å². The molecule has 88 valence electrons. The fourth-order valence-corrected chi connectivity index (χ4v) is 1.67. The number of aromatic nitrogens is 2.